The molecule has 1 aromatic heterocycles. The van der Waals surface area contributed by atoms with Crippen molar-refractivity contribution in [1.82, 2.24) is 15.2 Å². The smallest absolute Gasteiger partial charge is 0.107 e. The molecule has 0 saturated carbocycles. The van der Waals surface area contributed by atoms with Gasteiger partial charge in [-0.25, -0.2) is 4.98 Å². The van der Waals surface area contributed by atoms with Gasteiger partial charge in [0.1, 0.15) is 5.01 Å². The van der Waals surface area contributed by atoms with Gasteiger partial charge >= 0.3 is 0 Å². The zero-order valence-corrected chi connectivity index (χ0v) is 13.5. The van der Waals surface area contributed by atoms with E-state index in [2.05, 4.69) is 49.9 Å². The standard InChI is InChI=1S/C15H27N3S/c1-6-8-18(9-7-2)11-13-12-19-14(17-13)10-16-15(3,4)5/h6,12,16H,1,7-11H2,2-5H3. The predicted molar refractivity (Wildman–Crippen MR) is 84.5 cm³/mol. The van der Waals surface area contributed by atoms with Crippen LogP contribution in [0.4, 0.5) is 0 Å². The van der Waals surface area contributed by atoms with E-state index in [-0.39, 0.29) is 5.54 Å². The van der Waals surface area contributed by atoms with Crippen molar-refractivity contribution in [1.29, 1.82) is 0 Å². The lowest BCUT2D eigenvalue weighted by molar-refractivity contribution is 0.292. The normalized spacial score (nSPS) is 12.1. The third-order valence-corrected chi connectivity index (χ3v) is 3.58. The van der Waals surface area contributed by atoms with Crippen LogP contribution in [0.25, 0.3) is 0 Å². The lowest BCUT2D eigenvalue weighted by Gasteiger charge is -2.19. The molecule has 1 rings (SSSR count). The Bertz CT molecular complexity index is 379. The largest absolute Gasteiger partial charge is 0.306 e. The van der Waals surface area contributed by atoms with E-state index in [4.69, 9.17) is 4.98 Å². The topological polar surface area (TPSA) is 28.2 Å². The van der Waals surface area contributed by atoms with Crippen LogP contribution >= 0.6 is 11.3 Å². The number of aromatic nitrogens is 1. The summed E-state index contributed by atoms with van der Waals surface area (Å²) in [6.45, 7) is 16.3. The molecule has 3 nitrogen and oxygen atoms in total. The molecule has 0 aromatic carbocycles. The monoisotopic (exact) mass is 281 g/mol. The van der Waals surface area contributed by atoms with Gasteiger partial charge in [-0.3, -0.25) is 4.90 Å². The van der Waals surface area contributed by atoms with Gasteiger partial charge in [-0.15, -0.1) is 17.9 Å². The fraction of sp³-hybridized carbons (Fsp3) is 0.667. The first kappa shape index (κ1) is 16.3. The van der Waals surface area contributed by atoms with E-state index >= 15 is 0 Å². The van der Waals surface area contributed by atoms with Crippen LogP contribution in [0, 0.1) is 0 Å². The Kier molecular flexibility index (Phi) is 6.69. The molecular formula is C15H27N3S. The van der Waals surface area contributed by atoms with Crippen molar-refractivity contribution >= 4 is 11.3 Å². The van der Waals surface area contributed by atoms with E-state index < -0.39 is 0 Å². The van der Waals surface area contributed by atoms with Gasteiger partial charge in [0, 0.05) is 30.6 Å². The first-order chi connectivity index (χ1) is 8.94. The molecule has 19 heavy (non-hydrogen) atoms. The number of thiazole rings is 1. The molecule has 4 heteroatoms. The van der Waals surface area contributed by atoms with Crippen molar-refractivity contribution in [3.8, 4) is 0 Å². The number of hydrogen-bond acceptors (Lipinski definition) is 4. The summed E-state index contributed by atoms with van der Waals surface area (Å²) in [6.07, 6.45) is 3.13. The molecule has 1 aromatic rings. The van der Waals surface area contributed by atoms with Crippen LogP contribution in [-0.2, 0) is 13.1 Å². The number of nitrogens with zero attached hydrogens (tertiary/aromatic N) is 2. The summed E-state index contributed by atoms with van der Waals surface area (Å²) < 4.78 is 0. The Morgan fingerprint density at radius 1 is 1.47 bits per heavy atom. The predicted octanol–water partition coefficient (Wildman–Crippen LogP) is 3.43. The molecule has 0 fully saturated rings. The summed E-state index contributed by atoms with van der Waals surface area (Å²) in [6, 6.07) is 0. The minimum absolute atomic E-state index is 0.142. The Morgan fingerprint density at radius 3 is 2.79 bits per heavy atom. The minimum Gasteiger partial charge on any atom is -0.306 e. The number of hydrogen-bond donors (Lipinski definition) is 1. The minimum atomic E-state index is 0.142. The van der Waals surface area contributed by atoms with Gasteiger partial charge in [0.25, 0.3) is 0 Å². The van der Waals surface area contributed by atoms with Gasteiger partial charge < -0.3 is 5.32 Å². The average molecular weight is 281 g/mol. The van der Waals surface area contributed by atoms with Gasteiger partial charge in [-0.05, 0) is 33.7 Å². The fourth-order valence-corrected chi connectivity index (χ4v) is 2.53. The van der Waals surface area contributed by atoms with Crippen LogP contribution in [0.5, 0.6) is 0 Å². The van der Waals surface area contributed by atoms with Crippen molar-refractivity contribution in [3.05, 3.63) is 28.7 Å². The summed E-state index contributed by atoms with van der Waals surface area (Å²) in [5.74, 6) is 0. The molecule has 1 N–H and O–H groups in total. The van der Waals surface area contributed by atoms with Crippen LogP contribution in [0.1, 0.15) is 44.8 Å². The number of nitrogens with one attached hydrogen (secondary N) is 1. The number of rotatable bonds is 8. The summed E-state index contributed by atoms with van der Waals surface area (Å²) in [5.41, 5.74) is 1.31. The maximum atomic E-state index is 4.70. The van der Waals surface area contributed by atoms with Gasteiger partial charge in [-0.2, -0.15) is 0 Å². The first-order valence-corrected chi connectivity index (χ1v) is 7.84. The van der Waals surface area contributed by atoms with Crippen LogP contribution in [0.15, 0.2) is 18.0 Å². The highest BCUT2D eigenvalue weighted by Crippen LogP contribution is 2.13. The zero-order valence-electron chi connectivity index (χ0n) is 12.7. The molecule has 0 aliphatic rings. The van der Waals surface area contributed by atoms with E-state index in [1.54, 1.807) is 11.3 Å². The average Bonchev–Trinajstić information content (AvgIpc) is 2.74. The van der Waals surface area contributed by atoms with E-state index in [9.17, 15) is 0 Å². The van der Waals surface area contributed by atoms with Crippen molar-refractivity contribution in [2.75, 3.05) is 13.1 Å². The quantitative estimate of drug-likeness (QED) is 0.740. The van der Waals surface area contributed by atoms with E-state index in [1.807, 2.05) is 6.08 Å². The van der Waals surface area contributed by atoms with Crippen LogP contribution < -0.4 is 5.32 Å². The Morgan fingerprint density at radius 2 is 2.21 bits per heavy atom. The maximum Gasteiger partial charge on any atom is 0.107 e. The van der Waals surface area contributed by atoms with Crippen molar-refractivity contribution in [2.45, 2.75) is 52.7 Å². The lowest BCUT2D eigenvalue weighted by atomic mass is 10.1. The van der Waals surface area contributed by atoms with Crippen LogP contribution in [0.3, 0.4) is 0 Å². The molecule has 0 saturated heterocycles. The molecule has 0 spiro atoms. The zero-order chi connectivity index (χ0) is 14.3. The second-order valence-corrected chi connectivity index (χ2v) is 6.80. The molecule has 0 unspecified atom stereocenters. The molecular weight excluding hydrogens is 254 g/mol. The van der Waals surface area contributed by atoms with E-state index in [0.717, 1.165) is 32.6 Å². The maximum absolute atomic E-state index is 4.70. The Hall–Kier alpha value is -0.710. The second kappa shape index (κ2) is 7.78. The van der Waals surface area contributed by atoms with E-state index in [1.165, 1.54) is 10.7 Å². The highest BCUT2D eigenvalue weighted by atomic mass is 32.1. The molecule has 0 amide bonds. The first-order valence-electron chi connectivity index (χ1n) is 6.96. The molecule has 0 radical (unpaired) electrons. The van der Waals surface area contributed by atoms with Crippen LogP contribution in [-0.4, -0.2) is 28.5 Å². The molecule has 1 heterocycles. The van der Waals surface area contributed by atoms with Gasteiger partial charge in [0.15, 0.2) is 0 Å². The summed E-state index contributed by atoms with van der Waals surface area (Å²) in [5, 5.41) is 6.81. The summed E-state index contributed by atoms with van der Waals surface area (Å²) >= 11 is 1.74. The Labute approximate surface area is 121 Å². The summed E-state index contributed by atoms with van der Waals surface area (Å²) in [4.78, 5) is 7.08. The van der Waals surface area contributed by atoms with Crippen molar-refractivity contribution < 1.29 is 0 Å². The highest BCUT2D eigenvalue weighted by Gasteiger charge is 2.11. The fourth-order valence-electron chi connectivity index (χ4n) is 1.81. The molecule has 0 atom stereocenters. The van der Waals surface area contributed by atoms with Crippen LogP contribution in [0.2, 0.25) is 0 Å². The third kappa shape index (κ3) is 6.85. The third-order valence-electron chi connectivity index (χ3n) is 2.68. The van der Waals surface area contributed by atoms with E-state index in [0.29, 0.717) is 0 Å². The second-order valence-electron chi connectivity index (χ2n) is 5.86. The van der Waals surface area contributed by atoms with Gasteiger partial charge in [0.2, 0.25) is 0 Å². The van der Waals surface area contributed by atoms with Gasteiger partial charge in [-0.1, -0.05) is 13.0 Å². The molecule has 0 aliphatic carbocycles. The van der Waals surface area contributed by atoms with Crippen molar-refractivity contribution in [3.63, 3.8) is 0 Å². The highest BCUT2D eigenvalue weighted by molar-refractivity contribution is 7.09. The molecule has 108 valence electrons. The van der Waals surface area contributed by atoms with Crippen molar-refractivity contribution in [2.24, 2.45) is 0 Å². The Balaban J connectivity index is 2.51. The lowest BCUT2D eigenvalue weighted by Crippen LogP contribution is -2.35. The SMILES string of the molecule is C=CCN(CCC)Cc1csc(CNC(C)(C)C)n1. The van der Waals surface area contributed by atoms with Gasteiger partial charge in [0.05, 0.1) is 5.69 Å². The summed E-state index contributed by atoms with van der Waals surface area (Å²) in [7, 11) is 0. The molecule has 0 aliphatic heterocycles. The molecule has 0 bridgehead atoms.